The maximum atomic E-state index is 9.68. The predicted octanol–water partition coefficient (Wildman–Crippen LogP) is 3.41. The molecule has 1 aromatic carbocycles. The lowest BCUT2D eigenvalue weighted by Gasteiger charge is -2.33. The van der Waals surface area contributed by atoms with E-state index in [1.54, 1.807) is 0 Å². The fourth-order valence-electron chi connectivity index (χ4n) is 3.42. The lowest BCUT2D eigenvalue weighted by atomic mass is 9.89. The highest BCUT2D eigenvalue weighted by atomic mass is 16.5. The third kappa shape index (κ3) is 3.78. The molecule has 0 radical (unpaired) electrons. The van der Waals surface area contributed by atoms with Crippen molar-refractivity contribution in [1.29, 1.82) is 0 Å². The molecular weight excluding hydrogens is 262 g/mol. The van der Waals surface area contributed by atoms with Crippen molar-refractivity contribution < 1.29 is 9.84 Å². The smallest absolute Gasteiger partial charge is 0.119 e. The Bertz CT molecular complexity index is 441. The van der Waals surface area contributed by atoms with Gasteiger partial charge in [0.25, 0.3) is 0 Å². The van der Waals surface area contributed by atoms with Gasteiger partial charge in [-0.2, -0.15) is 0 Å². The minimum atomic E-state index is 0.234. The first-order valence-electron chi connectivity index (χ1n) is 8.31. The van der Waals surface area contributed by atoms with Gasteiger partial charge in [0.1, 0.15) is 5.75 Å². The van der Waals surface area contributed by atoms with Crippen molar-refractivity contribution in [2.45, 2.75) is 46.1 Å². The van der Waals surface area contributed by atoms with Crippen molar-refractivity contribution in [3.05, 3.63) is 29.3 Å². The van der Waals surface area contributed by atoms with Gasteiger partial charge in [-0.15, -0.1) is 0 Å². The first kappa shape index (κ1) is 16.3. The maximum absolute atomic E-state index is 9.68. The van der Waals surface area contributed by atoms with Gasteiger partial charge in [0.15, 0.2) is 0 Å². The Kier molecular flexibility index (Phi) is 6.07. The van der Waals surface area contributed by atoms with Crippen LogP contribution >= 0.6 is 0 Å². The first-order valence-corrected chi connectivity index (χ1v) is 8.31. The molecule has 1 heterocycles. The molecule has 1 saturated heterocycles. The zero-order valence-corrected chi connectivity index (χ0v) is 13.6. The second-order valence-electron chi connectivity index (χ2n) is 5.99. The van der Waals surface area contributed by atoms with Gasteiger partial charge in [0.2, 0.25) is 0 Å². The molecule has 1 aliphatic rings. The van der Waals surface area contributed by atoms with E-state index in [4.69, 9.17) is 4.74 Å². The van der Waals surface area contributed by atoms with E-state index in [0.717, 1.165) is 25.3 Å². The van der Waals surface area contributed by atoms with Crippen molar-refractivity contribution in [2.75, 3.05) is 26.3 Å². The average molecular weight is 291 g/mol. The van der Waals surface area contributed by atoms with Gasteiger partial charge in [-0.05, 0) is 68.5 Å². The van der Waals surface area contributed by atoms with Crippen LogP contribution in [0, 0.1) is 5.92 Å². The third-order valence-corrected chi connectivity index (χ3v) is 4.49. The van der Waals surface area contributed by atoms with Gasteiger partial charge < -0.3 is 9.84 Å². The summed E-state index contributed by atoms with van der Waals surface area (Å²) in [6.07, 6.45) is 3.54. The maximum Gasteiger partial charge on any atom is 0.119 e. The number of benzene rings is 1. The van der Waals surface area contributed by atoms with Crippen molar-refractivity contribution in [2.24, 2.45) is 5.92 Å². The van der Waals surface area contributed by atoms with Crippen LogP contribution < -0.4 is 4.74 Å². The van der Waals surface area contributed by atoms with Crippen LogP contribution in [-0.4, -0.2) is 36.3 Å². The predicted molar refractivity (Wildman–Crippen MR) is 86.8 cm³/mol. The van der Waals surface area contributed by atoms with E-state index in [9.17, 15) is 5.11 Å². The Morgan fingerprint density at radius 3 is 2.52 bits per heavy atom. The SMILES string of the molecule is CCOc1ccc(C(C(C)CO)N2CCCC2)c(CC)c1. The molecule has 1 N–H and O–H groups in total. The molecule has 0 amide bonds. The number of aryl methyl sites for hydroxylation is 1. The number of aliphatic hydroxyl groups is 1. The average Bonchev–Trinajstić information content (AvgIpc) is 3.02. The van der Waals surface area contributed by atoms with Crippen LogP contribution in [0.3, 0.4) is 0 Å². The zero-order chi connectivity index (χ0) is 15.2. The van der Waals surface area contributed by atoms with Crippen LogP contribution in [0.1, 0.15) is 50.8 Å². The molecule has 3 heteroatoms. The Hall–Kier alpha value is -1.06. The highest BCUT2D eigenvalue weighted by molar-refractivity contribution is 5.38. The summed E-state index contributed by atoms with van der Waals surface area (Å²) in [6, 6.07) is 6.78. The fraction of sp³-hybridized carbons (Fsp3) is 0.667. The monoisotopic (exact) mass is 291 g/mol. The van der Waals surface area contributed by atoms with Gasteiger partial charge in [-0.25, -0.2) is 0 Å². The van der Waals surface area contributed by atoms with E-state index in [1.165, 1.54) is 24.0 Å². The van der Waals surface area contributed by atoms with Gasteiger partial charge >= 0.3 is 0 Å². The third-order valence-electron chi connectivity index (χ3n) is 4.49. The number of hydrogen-bond acceptors (Lipinski definition) is 3. The number of likely N-dealkylation sites (tertiary alicyclic amines) is 1. The first-order chi connectivity index (χ1) is 10.2. The number of ether oxygens (including phenoxy) is 1. The summed E-state index contributed by atoms with van der Waals surface area (Å²) in [5, 5.41) is 9.68. The normalized spacial score (nSPS) is 18.7. The summed E-state index contributed by atoms with van der Waals surface area (Å²) in [5.74, 6) is 1.21. The second-order valence-corrected chi connectivity index (χ2v) is 5.99. The molecule has 0 saturated carbocycles. The molecule has 2 atom stereocenters. The van der Waals surface area contributed by atoms with Crippen LogP contribution in [0.2, 0.25) is 0 Å². The van der Waals surface area contributed by atoms with E-state index in [1.807, 2.05) is 6.92 Å². The molecule has 118 valence electrons. The molecule has 0 aliphatic carbocycles. The van der Waals surface area contributed by atoms with Crippen molar-refractivity contribution in [3.63, 3.8) is 0 Å². The zero-order valence-electron chi connectivity index (χ0n) is 13.6. The van der Waals surface area contributed by atoms with Gasteiger partial charge in [0.05, 0.1) is 6.61 Å². The molecule has 2 unspecified atom stereocenters. The van der Waals surface area contributed by atoms with Gasteiger partial charge in [-0.3, -0.25) is 4.90 Å². The molecule has 0 spiro atoms. The number of aliphatic hydroxyl groups excluding tert-OH is 1. The standard InChI is InChI=1S/C18H29NO2/c1-4-15-12-16(21-5-2)8-9-17(15)18(14(3)13-20)19-10-6-7-11-19/h8-9,12,14,18,20H,4-7,10-11,13H2,1-3H3. The second kappa shape index (κ2) is 7.81. The largest absolute Gasteiger partial charge is 0.494 e. The van der Waals surface area contributed by atoms with E-state index in [-0.39, 0.29) is 12.5 Å². The molecule has 0 bridgehead atoms. The number of rotatable bonds is 7. The summed E-state index contributed by atoms with van der Waals surface area (Å²) in [7, 11) is 0. The number of nitrogens with zero attached hydrogens (tertiary/aromatic N) is 1. The van der Waals surface area contributed by atoms with Crippen molar-refractivity contribution in [1.82, 2.24) is 4.90 Å². The van der Waals surface area contributed by atoms with E-state index < -0.39 is 0 Å². The Balaban J connectivity index is 2.33. The molecule has 1 aromatic rings. The van der Waals surface area contributed by atoms with Gasteiger partial charge in [-0.1, -0.05) is 19.9 Å². The van der Waals surface area contributed by atoms with Crippen LogP contribution in [0.5, 0.6) is 5.75 Å². The summed E-state index contributed by atoms with van der Waals surface area (Å²) >= 11 is 0. The summed E-state index contributed by atoms with van der Waals surface area (Å²) in [5.41, 5.74) is 2.71. The highest BCUT2D eigenvalue weighted by Gasteiger charge is 2.29. The quantitative estimate of drug-likeness (QED) is 0.835. The van der Waals surface area contributed by atoms with Crippen LogP contribution in [-0.2, 0) is 6.42 Å². The van der Waals surface area contributed by atoms with Crippen molar-refractivity contribution in [3.8, 4) is 5.75 Å². The minimum absolute atomic E-state index is 0.234. The fourth-order valence-corrected chi connectivity index (χ4v) is 3.42. The minimum Gasteiger partial charge on any atom is -0.494 e. The lowest BCUT2D eigenvalue weighted by Crippen LogP contribution is -2.32. The number of hydrogen-bond donors (Lipinski definition) is 1. The topological polar surface area (TPSA) is 32.7 Å². The molecule has 1 fully saturated rings. The Morgan fingerprint density at radius 2 is 1.95 bits per heavy atom. The molecule has 3 nitrogen and oxygen atoms in total. The molecule has 2 rings (SSSR count). The van der Waals surface area contributed by atoms with Crippen molar-refractivity contribution >= 4 is 0 Å². The molecule has 1 aliphatic heterocycles. The summed E-state index contributed by atoms with van der Waals surface area (Å²) in [6.45, 7) is 9.58. The highest BCUT2D eigenvalue weighted by Crippen LogP contribution is 2.35. The van der Waals surface area contributed by atoms with E-state index in [2.05, 4.69) is 36.9 Å². The van der Waals surface area contributed by atoms with Crippen LogP contribution in [0.25, 0.3) is 0 Å². The lowest BCUT2D eigenvalue weighted by molar-refractivity contribution is 0.125. The Labute approximate surface area is 128 Å². The van der Waals surface area contributed by atoms with E-state index in [0.29, 0.717) is 12.6 Å². The van der Waals surface area contributed by atoms with Gasteiger partial charge in [0, 0.05) is 12.6 Å². The molecule has 21 heavy (non-hydrogen) atoms. The Morgan fingerprint density at radius 1 is 1.24 bits per heavy atom. The molecular formula is C18H29NO2. The molecule has 0 aromatic heterocycles. The van der Waals surface area contributed by atoms with E-state index >= 15 is 0 Å². The summed E-state index contributed by atoms with van der Waals surface area (Å²) < 4.78 is 5.63. The van der Waals surface area contributed by atoms with Crippen LogP contribution in [0.15, 0.2) is 18.2 Å². The van der Waals surface area contributed by atoms with Crippen LogP contribution in [0.4, 0.5) is 0 Å². The summed E-state index contributed by atoms with van der Waals surface area (Å²) in [4.78, 5) is 2.54.